The molecule has 1 aromatic heterocycles. The number of hydrogen-bond donors (Lipinski definition) is 1. The number of hydrogen-bond acceptors (Lipinski definition) is 2. The number of aromatic nitrogens is 2. The molecule has 88 valence electrons. The van der Waals surface area contributed by atoms with Crippen LogP contribution in [0.1, 0.15) is 38.2 Å². The molecule has 0 saturated carbocycles. The SMILES string of the molecule is CCn1cc(/C=C/C2CCCCCN2)cn1. The van der Waals surface area contributed by atoms with Gasteiger partial charge >= 0.3 is 0 Å². The summed E-state index contributed by atoms with van der Waals surface area (Å²) in [6.45, 7) is 4.20. The van der Waals surface area contributed by atoms with Crippen LogP contribution in [0.25, 0.3) is 6.08 Å². The lowest BCUT2D eigenvalue weighted by molar-refractivity contribution is 0.599. The summed E-state index contributed by atoms with van der Waals surface area (Å²) < 4.78 is 1.96. The van der Waals surface area contributed by atoms with Crippen LogP contribution in [0.2, 0.25) is 0 Å². The average molecular weight is 219 g/mol. The van der Waals surface area contributed by atoms with Crippen molar-refractivity contribution in [1.29, 1.82) is 0 Å². The van der Waals surface area contributed by atoms with Gasteiger partial charge in [-0.2, -0.15) is 5.10 Å². The van der Waals surface area contributed by atoms with E-state index in [1.807, 2.05) is 10.9 Å². The normalized spacial score (nSPS) is 22.4. The molecule has 1 aromatic rings. The van der Waals surface area contributed by atoms with Crippen LogP contribution in [0, 0.1) is 0 Å². The fourth-order valence-corrected chi connectivity index (χ4v) is 2.09. The maximum atomic E-state index is 4.26. The minimum absolute atomic E-state index is 0.549. The maximum absolute atomic E-state index is 4.26. The van der Waals surface area contributed by atoms with Crippen LogP contribution in [-0.2, 0) is 6.54 Å². The van der Waals surface area contributed by atoms with Gasteiger partial charge in [0.05, 0.1) is 6.20 Å². The quantitative estimate of drug-likeness (QED) is 0.846. The first kappa shape index (κ1) is 11.4. The van der Waals surface area contributed by atoms with Gasteiger partial charge in [0, 0.05) is 24.3 Å². The highest BCUT2D eigenvalue weighted by atomic mass is 15.3. The smallest absolute Gasteiger partial charge is 0.0562 e. The number of nitrogens with one attached hydrogen (secondary N) is 1. The third kappa shape index (κ3) is 3.20. The zero-order valence-corrected chi connectivity index (χ0v) is 10.0. The van der Waals surface area contributed by atoms with E-state index in [-0.39, 0.29) is 0 Å². The van der Waals surface area contributed by atoms with Crippen LogP contribution in [0.5, 0.6) is 0 Å². The van der Waals surface area contributed by atoms with Crippen LogP contribution in [-0.4, -0.2) is 22.4 Å². The number of rotatable bonds is 3. The molecule has 16 heavy (non-hydrogen) atoms. The first-order valence-corrected chi connectivity index (χ1v) is 6.32. The minimum Gasteiger partial charge on any atom is -0.311 e. The van der Waals surface area contributed by atoms with Crippen LogP contribution in [0.4, 0.5) is 0 Å². The van der Waals surface area contributed by atoms with E-state index < -0.39 is 0 Å². The molecule has 2 heterocycles. The van der Waals surface area contributed by atoms with Crippen molar-refractivity contribution in [2.24, 2.45) is 0 Å². The van der Waals surface area contributed by atoms with Crippen LogP contribution in [0.15, 0.2) is 18.5 Å². The molecule has 1 N–H and O–H groups in total. The van der Waals surface area contributed by atoms with Crippen molar-refractivity contribution in [3.8, 4) is 0 Å². The zero-order chi connectivity index (χ0) is 11.2. The Balaban J connectivity index is 1.91. The first-order chi connectivity index (χ1) is 7.88. The molecule has 1 atom stereocenters. The molecule has 1 unspecified atom stereocenters. The molecule has 1 fully saturated rings. The Labute approximate surface area is 97.5 Å². The Hall–Kier alpha value is -1.09. The molecule has 0 aromatic carbocycles. The highest BCUT2D eigenvalue weighted by Gasteiger charge is 2.07. The zero-order valence-electron chi connectivity index (χ0n) is 10.0. The van der Waals surface area contributed by atoms with E-state index in [2.05, 4.69) is 35.7 Å². The fraction of sp³-hybridized carbons (Fsp3) is 0.615. The van der Waals surface area contributed by atoms with Gasteiger partial charge in [-0.3, -0.25) is 4.68 Å². The van der Waals surface area contributed by atoms with Gasteiger partial charge in [-0.1, -0.05) is 25.0 Å². The van der Waals surface area contributed by atoms with Crippen LogP contribution < -0.4 is 5.32 Å². The van der Waals surface area contributed by atoms with Crippen molar-refractivity contribution in [3.05, 3.63) is 24.0 Å². The standard InChI is InChI=1S/C13H21N3/c1-2-16-11-12(10-15-16)7-8-13-6-4-3-5-9-14-13/h7-8,10-11,13-14H,2-6,9H2,1H3/b8-7+. The Bertz CT molecular complexity index is 333. The van der Waals surface area contributed by atoms with Gasteiger partial charge in [0.1, 0.15) is 0 Å². The summed E-state index contributed by atoms with van der Waals surface area (Å²) in [5.74, 6) is 0. The average Bonchev–Trinajstić information content (AvgIpc) is 2.61. The van der Waals surface area contributed by atoms with E-state index in [9.17, 15) is 0 Å². The highest BCUT2D eigenvalue weighted by Crippen LogP contribution is 2.10. The summed E-state index contributed by atoms with van der Waals surface area (Å²) in [6, 6.07) is 0.549. The van der Waals surface area contributed by atoms with Gasteiger partial charge < -0.3 is 5.32 Å². The monoisotopic (exact) mass is 219 g/mol. The fourth-order valence-electron chi connectivity index (χ4n) is 2.09. The molecule has 1 saturated heterocycles. The van der Waals surface area contributed by atoms with Crippen molar-refractivity contribution in [2.75, 3.05) is 6.54 Å². The van der Waals surface area contributed by atoms with Crippen molar-refractivity contribution in [3.63, 3.8) is 0 Å². The molecule has 0 aliphatic carbocycles. The molecule has 1 aliphatic heterocycles. The predicted octanol–water partition coefficient (Wildman–Crippen LogP) is 2.45. The predicted molar refractivity (Wildman–Crippen MR) is 67.2 cm³/mol. The summed E-state index contributed by atoms with van der Waals surface area (Å²) >= 11 is 0. The second kappa shape index (κ2) is 5.85. The Morgan fingerprint density at radius 2 is 2.44 bits per heavy atom. The van der Waals surface area contributed by atoms with Gasteiger partial charge in [0.15, 0.2) is 0 Å². The summed E-state index contributed by atoms with van der Waals surface area (Å²) in [7, 11) is 0. The topological polar surface area (TPSA) is 29.9 Å². The van der Waals surface area contributed by atoms with Crippen molar-refractivity contribution >= 4 is 6.08 Å². The lowest BCUT2D eigenvalue weighted by Gasteiger charge is -2.09. The molecule has 2 rings (SSSR count). The second-order valence-electron chi connectivity index (χ2n) is 4.40. The summed E-state index contributed by atoms with van der Waals surface area (Å²) in [6.07, 6.45) is 13.8. The maximum Gasteiger partial charge on any atom is 0.0562 e. The van der Waals surface area contributed by atoms with Gasteiger partial charge in [-0.25, -0.2) is 0 Å². The molecular weight excluding hydrogens is 198 g/mol. The Kier molecular flexibility index (Phi) is 4.17. The molecule has 0 spiro atoms. The van der Waals surface area contributed by atoms with Gasteiger partial charge in [0.2, 0.25) is 0 Å². The molecule has 0 bridgehead atoms. The van der Waals surface area contributed by atoms with E-state index in [0.29, 0.717) is 6.04 Å². The molecule has 1 aliphatic rings. The molecule has 3 nitrogen and oxygen atoms in total. The lowest BCUT2D eigenvalue weighted by Crippen LogP contribution is -2.25. The second-order valence-corrected chi connectivity index (χ2v) is 4.40. The number of aryl methyl sites for hydroxylation is 1. The molecule has 0 radical (unpaired) electrons. The third-order valence-electron chi connectivity index (χ3n) is 3.10. The van der Waals surface area contributed by atoms with Crippen LogP contribution in [0.3, 0.4) is 0 Å². The number of nitrogens with zero attached hydrogens (tertiary/aromatic N) is 2. The first-order valence-electron chi connectivity index (χ1n) is 6.32. The summed E-state index contributed by atoms with van der Waals surface area (Å²) in [5.41, 5.74) is 1.20. The Morgan fingerprint density at radius 3 is 3.25 bits per heavy atom. The molecule has 3 heteroatoms. The Morgan fingerprint density at radius 1 is 1.50 bits per heavy atom. The molecular formula is C13H21N3. The van der Waals surface area contributed by atoms with Crippen molar-refractivity contribution in [1.82, 2.24) is 15.1 Å². The van der Waals surface area contributed by atoms with Crippen molar-refractivity contribution < 1.29 is 0 Å². The van der Waals surface area contributed by atoms with E-state index >= 15 is 0 Å². The highest BCUT2D eigenvalue weighted by molar-refractivity contribution is 5.47. The van der Waals surface area contributed by atoms with E-state index in [4.69, 9.17) is 0 Å². The van der Waals surface area contributed by atoms with Gasteiger partial charge in [-0.15, -0.1) is 0 Å². The van der Waals surface area contributed by atoms with E-state index in [1.165, 1.54) is 31.2 Å². The van der Waals surface area contributed by atoms with E-state index in [1.54, 1.807) is 0 Å². The summed E-state index contributed by atoms with van der Waals surface area (Å²) in [5, 5.41) is 7.82. The van der Waals surface area contributed by atoms with Crippen LogP contribution >= 0.6 is 0 Å². The molecule has 0 amide bonds. The minimum atomic E-state index is 0.549. The van der Waals surface area contributed by atoms with Crippen molar-refractivity contribution in [2.45, 2.75) is 45.2 Å². The largest absolute Gasteiger partial charge is 0.311 e. The van der Waals surface area contributed by atoms with E-state index in [0.717, 1.165) is 13.1 Å². The lowest BCUT2D eigenvalue weighted by atomic mass is 10.1. The summed E-state index contributed by atoms with van der Waals surface area (Å²) in [4.78, 5) is 0. The van der Waals surface area contributed by atoms with Gasteiger partial charge in [-0.05, 0) is 26.3 Å². The van der Waals surface area contributed by atoms with Gasteiger partial charge in [0.25, 0.3) is 0 Å². The third-order valence-corrected chi connectivity index (χ3v) is 3.10.